The molecule has 1 atom stereocenters. The van der Waals surface area contributed by atoms with Gasteiger partial charge < -0.3 is 9.64 Å². The van der Waals surface area contributed by atoms with Crippen molar-refractivity contribution in [3.8, 4) is 11.1 Å². The van der Waals surface area contributed by atoms with E-state index in [1.165, 1.54) is 11.9 Å². The van der Waals surface area contributed by atoms with Gasteiger partial charge in [0, 0.05) is 18.3 Å². The van der Waals surface area contributed by atoms with Crippen molar-refractivity contribution in [3.05, 3.63) is 59.4 Å². The van der Waals surface area contributed by atoms with Crippen LogP contribution in [-0.4, -0.2) is 40.8 Å². The summed E-state index contributed by atoms with van der Waals surface area (Å²) in [6.07, 6.45) is 1.41. The Hall–Kier alpha value is -2.58. The molecule has 8 heteroatoms. The number of nitrogens with zero attached hydrogens (tertiary/aromatic N) is 1. The van der Waals surface area contributed by atoms with Gasteiger partial charge in [0.1, 0.15) is 11.4 Å². The molecule has 1 fully saturated rings. The molecule has 0 aromatic heterocycles. The Morgan fingerprint density at radius 2 is 1.88 bits per heavy atom. The number of ether oxygens (including phenoxy) is 1. The number of benzene rings is 2. The van der Waals surface area contributed by atoms with Crippen LogP contribution in [0.2, 0.25) is 0 Å². The molecule has 172 valence electrons. The Morgan fingerprint density at radius 1 is 1.16 bits per heavy atom. The summed E-state index contributed by atoms with van der Waals surface area (Å²) in [7, 11) is 0. The number of carbonyl (C=O) groups is 2. The minimum absolute atomic E-state index is 0.0176. The predicted octanol–water partition coefficient (Wildman–Crippen LogP) is 5.08. The third kappa shape index (κ3) is 6.46. The summed E-state index contributed by atoms with van der Waals surface area (Å²) in [5, 5.41) is 0.0822. The lowest BCUT2D eigenvalue weighted by Gasteiger charge is -2.33. The second kappa shape index (κ2) is 10.4. The van der Waals surface area contributed by atoms with Crippen molar-refractivity contribution in [2.75, 3.05) is 13.1 Å². The monoisotopic (exact) mass is 459 g/mol. The summed E-state index contributed by atoms with van der Waals surface area (Å²) in [6.45, 7) is 8.33. The highest BCUT2D eigenvalue weighted by molar-refractivity contribution is 7.98. The molecule has 1 heterocycles. The normalized spacial score (nSPS) is 16.5. The number of carbonyl (C=O) groups excluding carboxylic acids is 2. The number of amides is 2. The van der Waals surface area contributed by atoms with Crippen LogP contribution in [0.15, 0.2) is 42.5 Å². The number of halogens is 1. The topological polar surface area (TPSA) is 70.7 Å². The molecule has 6 nitrogen and oxygen atoms in total. The van der Waals surface area contributed by atoms with E-state index in [2.05, 4.69) is 10.3 Å². The maximum Gasteiger partial charge on any atom is 0.410 e. The van der Waals surface area contributed by atoms with E-state index in [4.69, 9.17) is 4.74 Å². The summed E-state index contributed by atoms with van der Waals surface area (Å²) in [4.78, 5) is 29.5. The van der Waals surface area contributed by atoms with Crippen molar-refractivity contribution >= 4 is 23.9 Å². The number of hydrogen-bond donors (Lipinski definition) is 2. The zero-order valence-corrected chi connectivity index (χ0v) is 19.7. The van der Waals surface area contributed by atoms with Gasteiger partial charge in [0.15, 0.2) is 0 Å². The first kappa shape index (κ1) is 24.1. The molecule has 2 N–H and O–H groups in total. The lowest BCUT2D eigenvalue weighted by Crippen LogP contribution is -2.45. The summed E-state index contributed by atoms with van der Waals surface area (Å²) in [5.41, 5.74) is 4.12. The highest BCUT2D eigenvalue weighted by Crippen LogP contribution is 2.25. The standard InChI is InChI=1S/C24H30FN3O3S/c1-16-13-18(17-9-6-5-7-10-17)14-20(21(16)25)22(29)26-27-32-19-11-8-12-28(15-19)23(30)31-24(2,3)4/h5-7,9-10,13-14,19,27H,8,11-12,15H2,1-4H3,(H,26,29). The van der Waals surface area contributed by atoms with Crippen LogP contribution < -0.4 is 10.3 Å². The van der Waals surface area contributed by atoms with E-state index in [9.17, 15) is 14.0 Å². The average Bonchev–Trinajstić information content (AvgIpc) is 2.75. The van der Waals surface area contributed by atoms with E-state index in [-0.39, 0.29) is 16.9 Å². The fourth-order valence-electron chi connectivity index (χ4n) is 3.49. The van der Waals surface area contributed by atoms with Crippen LogP contribution in [0.25, 0.3) is 11.1 Å². The largest absolute Gasteiger partial charge is 0.444 e. The molecule has 0 aliphatic carbocycles. The lowest BCUT2D eigenvalue weighted by molar-refractivity contribution is 0.0220. The number of hydrogen-bond acceptors (Lipinski definition) is 5. The van der Waals surface area contributed by atoms with E-state index in [1.54, 1.807) is 24.0 Å². The lowest BCUT2D eigenvalue weighted by atomic mass is 9.99. The first-order valence-electron chi connectivity index (χ1n) is 10.7. The van der Waals surface area contributed by atoms with Gasteiger partial charge in [-0.1, -0.05) is 42.3 Å². The molecule has 2 aromatic carbocycles. The molecule has 1 saturated heterocycles. The Labute approximate surface area is 193 Å². The van der Waals surface area contributed by atoms with Crippen molar-refractivity contribution < 1.29 is 18.7 Å². The SMILES string of the molecule is Cc1cc(-c2ccccc2)cc(C(=O)NNSC2CCCN(C(=O)OC(C)(C)C)C2)c1F. The van der Waals surface area contributed by atoms with Crippen molar-refractivity contribution in [3.63, 3.8) is 0 Å². The van der Waals surface area contributed by atoms with Gasteiger partial charge in [-0.25, -0.2) is 9.18 Å². The van der Waals surface area contributed by atoms with Crippen molar-refractivity contribution in [1.82, 2.24) is 15.2 Å². The van der Waals surface area contributed by atoms with Crippen molar-refractivity contribution in [1.29, 1.82) is 0 Å². The Morgan fingerprint density at radius 3 is 2.56 bits per heavy atom. The molecule has 0 bridgehead atoms. The first-order valence-corrected chi connectivity index (χ1v) is 11.6. The van der Waals surface area contributed by atoms with E-state index in [0.29, 0.717) is 18.7 Å². The van der Waals surface area contributed by atoms with Gasteiger partial charge in [-0.05, 0) is 69.4 Å². The molecule has 0 radical (unpaired) electrons. The molecule has 0 spiro atoms. The fraction of sp³-hybridized carbons (Fsp3) is 0.417. The number of nitrogens with one attached hydrogen (secondary N) is 2. The van der Waals surface area contributed by atoms with E-state index in [1.807, 2.05) is 51.1 Å². The van der Waals surface area contributed by atoms with Gasteiger partial charge in [-0.15, -0.1) is 0 Å². The Bertz CT molecular complexity index is 963. The van der Waals surface area contributed by atoms with Gasteiger partial charge in [-0.2, -0.15) is 4.83 Å². The van der Waals surface area contributed by atoms with E-state index >= 15 is 0 Å². The van der Waals surface area contributed by atoms with Crippen molar-refractivity contribution in [2.24, 2.45) is 0 Å². The van der Waals surface area contributed by atoms with Gasteiger partial charge in [0.2, 0.25) is 0 Å². The smallest absolute Gasteiger partial charge is 0.410 e. The second-order valence-corrected chi connectivity index (χ2v) is 9.99. The van der Waals surface area contributed by atoms with Gasteiger partial charge in [-0.3, -0.25) is 10.2 Å². The molecule has 2 aromatic rings. The zero-order valence-electron chi connectivity index (χ0n) is 18.9. The van der Waals surface area contributed by atoms with E-state index < -0.39 is 17.3 Å². The summed E-state index contributed by atoms with van der Waals surface area (Å²) < 4.78 is 20.1. The fourth-order valence-corrected chi connectivity index (χ4v) is 4.34. The molecule has 3 rings (SSSR count). The molecule has 32 heavy (non-hydrogen) atoms. The van der Waals surface area contributed by atoms with Crippen LogP contribution in [0.1, 0.15) is 49.5 Å². The average molecular weight is 460 g/mol. The number of aryl methyl sites for hydroxylation is 1. The highest BCUT2D eigenvalue weighted by atomic mass is 32.2. The second-order valence-electron chi connectivity index (χ2n) is 8.89. The maximum atomic E-state index is 14.7. The Kier molecular flexibility index (Phi) is 7.79. The Balaban J connectivity index is 1.58. The van der Waals surface area contributed by atoms with Crippen molar-refractivity contribution in [2.45, 2.75) is 51.4 Å². The summed E-state index contributed by atoms with van der Waals surface area (Å²) in [6, 6.07) is 12.8. The third-order valence-electron chi connectivity index (χ3n) is 5.03. The molecule has 1 unspecified atom stereocenters. The minimum atomic E-state index is -0.546. The van der Waals surface area contributed by atoms with Crippen LogP contribution >= 0.6 is 11.9 Å². The molecule has 0 saturated carbocycles. The number of piperidine rings is 1. The number of rotatable bonds is 5. The minimum Gasteiger partial charge on any atom is -0.444 e. The molecule has 1 aliphatic rings. The quantitative estimate of drug-likeness (QED) is 0.482. The number of hydrazine groups is 1. The van der Waals surface area contributed by atoms with Gasteiger partial charge in [0.05, 0.1) is 5.56 Å². The molecule has 2 amide bonds. The van der Waals surface area contributed by atoms with Crippen LogP contribution in [0.4, 0.5) is 9.18 Å². The van der Waals surface area contributed by atoms with Gasteiger partial charge >= 0.3 is 6.09 Å². The van der Waals surface area contributed by atoms with Gasteiger partial charge in [0.25, 0.3) is 5.91 Å². The van der Waals surface area contributed by atoms with Crippen LogP contribution in [0.3, 0.4) is 0 Å². The summed E-state index contributed by atoms with van der Waals surface area (Å²) in [5.74, 6) is -1.08. The number of likely N-dealkylation sites (tertiary alicyclic amines) is 1. The molecular weight excluding hydrogens is 429 g/mol. The van der Waals surface area contributed by atoms with Crippen LogP contribution in [0, 0.1) is 12.7 Å². The summed E-state index contributed by atoms with van der Waals surface area (Å²) >= 11 is 1.32. The van der Waals surface area contributed by atoms with Crippen LogP contribution in [0.5, 0.6) is 0 Å². The first-order chi connectivity index (χ1) is 15.1. The molecule has 1 aliphatic heterocycles. The maximum absolute atomic E-state index is 14.7. The van der Waals surface area contributed by atoms with E-state index in [0.717, 1.165) is 24.0 Å². The highest BCUT2D eigenvalue weighted by Gasteiger charge is 2.28. The third-order valence-corrected chi connectivity index (χ3v) is 5.96. The predicted molar refractivity (Wildman–Crippen MR) is 126 cm³/mol. The van der Waals surface area contributed by atoms with Crippen LogP contribution in [-0.2, 0) is 4.74 Å². The molecular formula is C24H30FN3O3S. The zero-order chi connectivity index (χ0) is 23.3.